The van der Waals surface area contributed by atoms with Gasteiger partial charge in [-0.3, -0.25) is 4.79 Å². The Bertz CT molecular complexity index is 646. The lowest BCUT2D eigenvalue weighted by atomic mass is 10.1. The van der Waals surface area contributed by atoms with Crippen LogP contribution in [0.15, 0.2) is 42.5 Å². The molecule has 0 aliphatic carbocycles. The number of carbonyl (C=O) groups excluding carboxylic acids is 1. The number of nitrogen functional groups attached to an aromatic ring is 1. The fourth-order valence-electron chi connectivity index (χ4n) is 1.85. The van der Waals surface area contributed by atoms with E-state index in [1.807, 2.05) is 25.1 Å². The van der Waals surface area contributed by atoms with Crippen LogP contribution < -0.4 is 11.1 Å². The van der Waals surface area contributed by atoms with Crippen molar-refractivity contribution in [3.05, 3.63) is 64.4 Å². The Balaban J connectivity index is 2.15. The number of nitrogens with two attached hydrogens (primary N) is 1. The SMILES string of the molecule is C[C@H](NC(=O)c1ccc(N)c(F)c1)c1ccccc1Cl. The number of benzene rings is 2. The van der Waals surface area contributed by atoms with Gasteiger partial charge in [-0.1, -0.05) is 29.8 Å². The molecule has 1 amide bonds. The van der Waals surface area contributed by atoms with Crippen molar-refractivity contribution in [3.63, 3.8) is 0 Å². The summed E-state index contributed by atoms with van der Waals surface area (Å²) in [7, 11) is 0. The van der Waals surface area contributed by atoms with Gasteiger partial charge in [-0.2, -0.15) is 0 Å². The Labute approximate surface area is 121 Å². The summed E-state index contributed by atoms with van der Waals surface area (Å²) in [5.74, 6) is -0.987. The van der Waals surface area contributed by atoms with E-state index in [9.17, 15) is 9.18 Å². The largest absolute Gasteiger partial charge is 0.396 e. The molecule has 20 heavy (non-hydrogen) atoms. The number of halogens is 2. The molecule has 0 saturated heterocycles. The fraction of sp³-hybridized carbons (Fsp3) is 0.133. The minimum absolute atomic E-state index is 0.0145. The van der Waals surface area contributed by atoms with Gasteiger partial charge in [0, 0.05) is 10.6 Å². The summed E-state index contributed by atoms with van der Waals surface area (Å²) in [6.07, 6.45) is 0. The lowest BCUT2D eigenvalue weighted by Crippen LogP contribution is -2.27. The molecule has 2 aromatic rings. The summed E-state index contributed by atoms with van der Waals surface area (Å²) in [4.78, 5) is 12.0. The molecule has 3 N–H and O–H groups in total. The van der Waals surface area contributed by atoms with Crippen LogP contribution >= 0.6 is 11.6 Å². The predicted octanol–water partition coefficient (Wildman–Crippen LogP) is 3.55. The van der Waals surface area contributed by atoms with Gasteiger partial charge in [0.1, 0.15) is 5.82 Å². The van der Waals surface area contributed by atoms with Gasteiger partial charge in [0.2, 0.25) is 0 Å². The molecular weight excluding hydrogens is 279 g/mol. The van der Waals surface area contributed by atoms with E-state index in [0.29, 0.717) is 5.02 Å². The Morgan fingerprint density at radius 3 is 2.65 bits per heavy atom. The zero-order valence-electron chi connectivity index (χ0n) is 10.9. The molecule has 104 valence electrons. The average molecular weight is 293 g/mol. The molecular formula is C15H14ClFN2O. The Morgan fingerprint density at radius 1 is 1.30 bits per heavy atom. The summed E-state index contributed by atoms with van der Waals surface area (Å²) in [6, 6.07) is 10.9. The van der Waals surface area contributed by atoms with E-state index < -0.39 is 5.82 Å². The molecule has 0 aliphatic heterocycles. The maximum absolute atomic E-state index is 13.3. The monoisotopic (exact) mass is 292 g/mol. The molecule has 0 aliphatic rings. The zero-order valence-corrected chi connectivity index (χ0v) is 11.6. The van der Waals surface area contributed by atoms with Gasteiger partial charge in [0.15, 0.2) is 0 Å². The van der Waals surface area contributed by atoms with E-state index in [4.69, 9.17) is 17.3 Å². The summed E-state index contributed by atoms with van der Waals surface area (Å²) in [5.41, 5.74) is 6.41. The van der Waals surface area contributed by atoms with Gasteiger partial charge < -0.3 is 11.1 Å². The average Bonchev–Trinajstić information content (AvgIpc) is 2.42. The second-order valence-electron chi connectivity index (χ2n) is 4.45. The smallest absolute Gasteiger partial charge is 0.251 e. The van der Waals surface area contributed by atoms with Crippen LogP contribution in [0.5, 0.6) is 0 Å². The molecule has 0 saturated carbocycles. The van der Waals surface area contributed by atoms with E-state index >= 15 is 0 Å². The molecule has 0 radical (unpaired) electrons. The van der Waals surface area contributed by atoms with E-state index in [1.165, 1.54) is 12.1 Å². The Morgan fingerprint density at radius 2 is 2.00 bits per heavy atom. The lowest BCUT2D eigenvalue weighted by Gasteiger charge is -2.15. The van der Waals surface area contributed by atoms with Crippen LogP contribution in [0.2, 0.25) is 5.02 Å². The van der Waals surface area contributed by atoms with Crippen molar-refractivity contribution in [2.45, 2.75) is 13.0 Å². The quantitative estimate of drug-likeness (QED) is 0.850. The number of carbonyl (C=O) groups is 1. The maximum atomic E-state index is 13.3. The predicted molar refractivity (Wildman–Crippen MR) is 78.1 cm³/mol. The minimum atomic E-state index is -0.608. The summed E-state index contributed by atoms with van der Waals surface area (Å²) < 4.78 is 13.3. The number of rotatable bonds is 3. The van der Waals surface area contributed by atoms with Crippen molar-refractivity contribution in [1.82, 2.24) is 5.32 Å². The molecule has 2 aromatic carbocycles. The molecule has 1 atom stereocenters. The van der Waals surface area contributed by atoms with Gasteiger partial charge in [-0.05, 0) is 36.8 Å². The van der Waals surface area contributed by atoms with Crippen molar-refractivity contribution in [2.24, 2.45) is 0 Å². The number of hydrogen-bond acceptors (Lipinski definition) is 2. The first-order valence-electron chi connectivity index (χ1n) is 6.09. The number of nitrogens with one attached hydrogen (secondary N) is 1. The van der Waals surface area contributed by atoms with Crippen LogP contribution in [-0.4, -0.2) is 5.91 Å². The standard InChI is InChI=1S/C15H14ClFN2O/c1-9(11-4-2-3-5-12(11)16)19-15(20)10-6-7-14(18)13(17)8-10/h2-9H,18H2,1H3,(H,19,20)/t9-/m0/s1. The van der Waals surface area contributed by atoms with Gasteiger partial charge in [-0.25, -0.2) is 4.39 Å². The Hall–Kier alpha value is -2.07. The van der Waals surface area contributed by atoms with Crippen molar-refractivity contribution in [2.75, 3.05) is 5.73 Å². The fourth-order valence-corrected chi connectivity index (χ4v) is 2.15. The first kappa shape index (κ1) is 14.3. The van der Waals surface area contributed by atoms with Gasteiger partial charge in [-0.15, -0.1) is 0 Å². The highest BCUT2D eigenvalue weighted by molar-refractivity contribution is 6.31. The first-order chi connectivity index (χ1) is 9.49. The van der Waals surface area contributed by atoms with Crippen LogP contribution in [0, 0.1) is 5.82 Å². The molecule has 2 rings (SSSR count). The molecule has 5 heteroatoms. The van der Waals surface area contributed by atoms with Crippen molar-refractivity contribution in [1.29, 1.82) is 0 Å². The second-order valence-corrected chi connectivity index (χ2v) is 4.86. The highest BCUT2D eigenvalue weighted by atomic mass is 35.5. The first-order valence-corrected chi connectivity index (χ1v) is 6.47. The van der Waals surface area contributed by atoms with Crippen molar-refractivity contribution >= 4 is 23.2 Å². The third-order valence-corrected chi connectivity index (χ3v) is 3.33. The number of amides is 1. The normalized spacial score (nSPS) is 11.9. The third-order valence-electron chi connectivity index (χ3n) is 2.98. The summed E-state index contributed by atoms with van der Waals surface area (Å²) in [5, 5.41) is 3.34. The molecule has 0 heterocycles. The highest BCUT2D eigenvalue weighted by Gasteiger charge is 2.14. The lowest BCUT2D eigenvalue weighted by molar-refractivity contribution is 0.0939. The number of anilines is 1. The van der Waals surface area contributed by atoms with Crippen molar-refractivity contribution < 1.29 is 9.18 Å². The van der Waals surface area contributed by atoms with E-state index in [-0.39, 0.29) is 23.2 Å². The minimum Gasteiger partial charge on any atom is -0.396 e. The van der Waals surface area contributed by atoms with Crippen LogP contribution in [0.25, 0.3) is 0 Å². The number of hydrogen-bond donors (Lipinski definition) is 2. The maximum Gasteiger partial charge on any atom is 0.251 e. The van der Waals surface area contributed by atoms with Crippen LogP contribution in [0.4, 0.5) is 10.1 Å². The Kier molecular flexibility index (Phi) is 4.25. The van der Waals surface area contributed by atoms with E-state index in [2.05, 4.69) is 5.32 Å². The van der Waals surface area contributed by atoms with Gasteiger partial charge >= 0.3 is 0 Å². The highest BCUT2D eigenvalue weighted by Crippen LogP contribution is 2.22. The van der Waals surface area contributed by atoms with Crippen LogP contribution in [-0.2, 0) is 0 Å². The molecule has 3 nitrogen and oxygen atoms in total. The van der Waals surface area contributed by atoms with Crippen LogP contribution in [0.3, 0.4) is 0 Å². The van der Waals surface area contributed by atoms with E-state index in [0.717, 1.165) is 11.6 Å². The molecule has 0 unspecified atom stereocenters. The third kappa shape index (κ3) is 3.08. The topological polar surface area (TPSA) is 55.1 Å². The molecule has 0 bridgehead atoms. The van der Waals surface area contributed by atoms with Gasteiger partial charge in [0.05, 0.1) is 11.7 Å². The molecule has 0 fully saturated rings. The molecule has 0 aromatic heterocycles. The summed E-state index contributed by atoms with van der Waals surface area (Å²) in [6.45, 7) is 1.81. The van der Waals surface area contributed by atoms with E-state index in [1.54, 1.807) is 6.07 Å². The summed E-state index contributed by atoms with van der Waals surface area (Å²) >= 11 is 6.07. The van der Waals surface area contributed by atoms with Gasteiger partial charge in [0.25, 0.3) is 5.91 Å². The second kappa shape index (κ2) is 5.92. The molecule has 0 spiro atoms. The van der Waals surface area contributed by atoms with Crippen molar-refractivity contribution in [3.8, 4) is 0 Å². The zero-order chi connectivity index (χ0) is 14.7. The van der Waals surface area contributed by atoms with Crippen LogP contribution in [0.1, 0.15) is 28.9 Å².